The zero-order chi connectivity index (χ0) is 21.3. The Morgan fingerprint density at radius 1 is 0.929 bits per heavy atom. The van der Waals surface area contributed by atoms with Crippen molar-refractivity contribution in [2.45, 2.75) is 79.3 Å². The van der Waals surface area contributed by atoms with Gasteiger partial charge in [0.05, 0.1) is 0 Å². The summed E-state index contributed by atoms with van der Waals surface area (Å²) in [6.07, 6.45) is 2.99. The van der Waals surface area contributed by atoms with Gasteiger partial charge in [-0.2, -0.15) is 0 Å². The summed E-state index contributed by atoms with van der Waals surface area (Å²) in [5.41, 5.74) is 1.89. The number of ether oxygens (including phenoxy) is 2. The van der Waals surface area contributed by atoms with Crippen LogP contribution in [-0.2, 0) is 9.47 Å². The smallest absolute Gasteiger partial charge is 0.413 e. The van der Waals surface area contributed by atoms with Gasteiger partial charge in [0.25, 0.3) is 0 Å². The number of carbonyl (C=O) groups excluding carboxylic acids is 2. The van der Waals surface area contributed by atoms with Gasteiger partial charge in [-0.05, 0) is 67.0 Å². The van der Waals surface area contributed by atoms with Crippen molar-refractivity contribution >= 4 is 17.9 Å². The Morgan fingerprint density at radius 2 is 1.39 bits per heavy atom. The molecule has 1 aliphatic carbocycles. The highest BCUT2D eigenvalue weighted by molar-refractivity contribution is 5.98. The average Bonchev–Trinajstić information content (AvgIpc) is 2.91. The van der Waals surface area contributed by atoms with Crippen LogP contribution in [0.4, 0.5) is 9.59 Å². The van der Waals surface area contributed by atoms with Crippen LogP contribution in [0.5, 0.6) is 0 Å². The van der Waals surface area contributed by atoms with E-state index in [9.17, 15) is 9.59 Å². The number of hydrogen-bond donors (Lipinski definition) is 0. The van der Waals surface area contributed by atoms with Crippen LogP contribution in [0.15, 0.2) is 28.3 Å². The summed E-state index contributed by atoms with van der Waals surface area (Å²) in [5, 5.41) is 0. The van der Waals surface area contributed by atoms with Gasteiger partial charge in [-0.3, -0.25) is 9.80 Å². The van der Waals surface area contributed by atoms with E-state index in [4.69, 9.17) is 14.5 Å². The van der Waals surface area contributed by atoms with Crippen molar-refractivity contribution < 1.29 is 19.1 Å². The molecule has 0 aromatic rings. The highest BCUT2D eigenvalue weighted by Gasteiger charge is 2.41. The molecule has 1 fully saturated rings. The van der Waals surface area contributed by atoms with Crippen LogP contribution in [0.2, 0.25) is 0 Å². The summed E-state index contributed by atoms with van der Waals surface area (Å²) in [6, 6.07) is 0. The Hall–Kier alpha value is -2.31. The van der Waals surface area contributed by atoms with E-state index in [2.05, 4.69) is 13.0 Å². The molecule has 156 valence electrons. The first-order valence-corrected chi connectivity index (χ1v) is 9.68. The number of rotatable bonds is 1. The monoisotopic (exact) mass is 391 g/mol. The first-order chi connectivity index (χ1) is 12.8. The zero-order valence-electron chi connectivity index (χ0n) is 18.3. The Kier molecular flexibility index (Phi) is 6.26. The summed E-state index contributed by atoms with van der Waals surface area (Å²) < 4.78 is 11.0. The second-order valence-corrected chi connectivity index (χ2v) is 9.23. The van der Waals surface area contributed by atoms with Crippen LogP contribution >= 0.6 is 0 Å². The van der Waals surface area contributed by atoms with E-state index in [1.165, 1.54) is 15.4 Å². The quantitative estimate of drug-likeness (QED) is 0.660. The average molecular weight is 392 g/mol. The molecule has 1 heterocycles. The van der Waals surface area contributed by atoms with Gasteiger partial charge in [0, 0.05) is 25.2 Å². The van der Waals surface area contributed by atoms with Gasteiger partial charge in [-0.15, -0.1) is 0 Å². The molecule has 7 heteroatoms. The first-order valence-electron chi connectivity index (χ1n) is 9.68. The molecule has 2 rings (SSSR count). The molecule has 0 atom stereocenters. The van der Waals surface area contributed by atoms with Gasteiger partial charge in [-0.25, -0.2) is 14.6 Å². The van der Waals surface area contributed by atoms with Gasteiger partial charge in [-0.1, -0.05) is 11.6 Å². The fourth-order valence-corrected chi connectivity index (χ4v) is 2.85. The van der Waals surface area contributed by atoms with E-state index in [1.54, 1.807) is 0 Å². The van der Waals surface area contributed by atoms with E-state index < -0.39 is 29.7 Å². The van der Waals surface area contributed by atoms with E-state index in [1.807, 2.05) is 54.5 Å². The molecule has 0 N–H and O–H groups in total. The molecule has 7 nitrogen and oxygen atoms in total. The minimum atomic E-state index is -0.782. The van der Waals surface area contributed by atoms with E-state index in [-0.39, 0.29) is 0 Å². The summed E-state index contributed by atoms with van der Waals surface area (Å²) in [6.45, 7) is 15.6. The lowest BCUT2D eigenvalue weighted by molar-refractivity contribution is 0.00195. The van der Waals surface area contributed by atoms with Crippen molar-refractivity contribution in [1.82, 2.24) is 9.80 Å². The van der Waals surface area contributed by atoms with Gasteiger partial charge in [0.1, 0.15) is 11.2 Å². The lowest BCUT2D eigenvalue weighted by Gasteiger charge is -2.31. The Morgan fingerprint density at radius 3 is 1.79 bits per heavy atom. The Labute approximate surface area is 168 Å². The highest BCUT2D eigenvalue weighted by atomic mass is 16.6. The van der Waals surface area contributed by atoms with Gasteiger partial charge in [0.2, 0.25) is 6.29 Å². The fraction of sp³-hybridized carbons (Fsp3) is 0.667. The summed E-state index contributed by atoms with van der Waals surface area (Å²) >= 11 is 0. The van der Waals surface area contributed by atoms with Gasteiger partial charge < -0.3 is 9.47 Å². The van der Waals surface area contributed by atoms with Crippen molar-refractivity contribution in [3.05, 3.63) is 23.3 Å². The SMILES string of the molecule is CC1=CCC(=NC2N(C(=O)OC(C)(C)C)CCN2C(=O)OC(C)(C)C)C=C1C. The van der Waals surface area contributed by atoms with Crippen LogP contribution in [0.1, 0.15) is 61.8 Å². The molecule has 0 spiro atoms. The molecule has 0 unspecified atom stereocenters. The lowest BCUT2D eigenvalue weighted by atomic mass is 9.99. The lowest BCUT2D eigenvalue weighted by Crippen LogP contribution is -2.46. The number of hydrogen-bond acceptors (Lipinski definition) is 5. The molecule has 28 heavy (non-hydrogen) atoms. The molecule has 1 saturated heterocycles. The van der Waals surface area contributed by atoms with Crippen LogP contribution in [0.3, 0.4) is 0 Å². The number of allylic oxidation sites excluding steroid dienone is 4. The molecule has 0 aromatic heterocycles. The predicted octanol–water partition coefficient (Wildman–Crippen LogP) is 4.50. The molecule has 2 amide bonds. The third-order valence-electron chi connectivity index (χ3n) is 4.30. The second kappa shape index (κ2) is 7.97. The topological polar surface area (TPSA) is 71.4 Å². The van der Waals surface area contributed by atoms with Crippen molar-refractivity contribution in [2.75, 3.05) is 13.1 Å². The summed E-state index contributed by atoms with van der Waals surface area (Å²) in [7, 11) is 0. The van der Waals surface area contributed by atoms with Crippen molar-refractivity contribution in [1.29, 1.82) is 0 Å². The molecular weight excluding hydrogens is 358 g/mol. The standard InChI is InChI=1S/C21H33N3O4/c1-14-9-10-16(13-15(14)2)22-17-23(18(25)27-20(3,4)5)11-12-24(17)19(26)28-21(6,7)8/h9,13,17H,10-12H2,1-8H3. The number of nitrogens with zero attached hydrogens (tertiary/aromatic N) is 3. The largest absolute Gasteiger partial charge is 0.444 e. The van der Waals surface area contributed by atoms with E-state index in [0.717, 1.165) is 11.3 Å². The Bertz CT molecular complexity index is 687. The first kappa shape index (κ1) is 22.0. The van der Waals surface area contributed by atoms with E-state index >= 15 is 0 Å². The molecule has 0 bridgehead atoms. The summed E-state index contributed by atoms with van der Waals surface area (Å²) in [5.74, 6) is 0. The van der Waals surface area contributed by atoms with Crippen molar-refractivity contribution in [3.8, 4) is 0 Å². The minimum Gasteiger partial charge on any atom is -0.444 e. The molecule has 0 aromatic carbocycles. The third kappa shape index (κ3) is 5.84. The number of amides is 2. The van der Waals surface area contributed by atoms with Crippen molar-refractivity contribution in [2.24, 2.45) is 4.99 Å². The molecule has 0 radical (unpaired) electrons. The minimum absolute atomic E-state index is 0.340. The van der Waals surface area contributed by atoms with Crippen LogP contribution < -0.4 is 0 Å². The predicted molar refractivity (Wildman–Crippen MR) is 109 cm³/mol. The molecular formula is C21H33N3O4. The zero-order valence-corrected chi connectivity index (χ0v) is 18.3. The number of aliphatic imine (C=N–C) groups is 1. The van der Waals surface area contributed by atoms with E-state index in [0.29, 0.717) is 19.5 Å². The molecule has 2 aliphatic rings. The van der Waals surface area contributed by atoms with Crippen LogP contribution in [-0.4, -0.2) is 58.3 Å². The maximum atomic E-state index is 12.7. The molecule has 0 saturated carbocycles. The van der Waals surface area contributed by atoms with Gasteiger partial charge >= 0.3 is 12.2 Å². The number of carbonyl (C=O) groups is 2. The molecule has 1 aliphatic heterocycles. The highest BCUT2D eigenvalue weighted by Crippen LogP contribution is 2.24. The summed E-state index contributed by atoms with van der Waals surface area (Å²) in [4.78, 5) is 33.1. The fourth-order valence-electron chi connectivity index (χ4n) is 2.85. The maximum Gasteiger partial charge on any atom is 0.413 e. The second-order valence-electron chi connectivity index (χ2n) is 9.23. The van der Waals surface area contributed by atoms with Crippen LogP contribution in [0.25, 0.3) is 0 Å². The van der Waals surface area contributed by atoms with Crippen molar-refractivity contribution in [3.63, 3.8) is 0 Å². The normalized spacial score (nSPS) is 20.2. The van der Waals surface area contributed by atoms with Crippen LogP contribution in [0, 0.1) is 0 Å². The Balaban J connectivity index is 2.31. The third-order valence-corrected chi connectivity index (χ3v) is 4.30. The van der Waals surface area contributed by atoms with Gasteiger partial charge in [0.15, 0.2) is 0 Å². The maximum absolute atomic E-state index is 12.7.